The minimum absolute atomic E-state index is 0.249. The van der Waals surface area contributed by atoms with E-state index in [-0.39, 0.29) is 11.2 Å². The lowest BCUT2D eigenvalue weighted by Crippen LogP contribution is -2.61. The first-order valence-electron chi connectivity index (χ1n) is 14.9. The molecule has 0 radical (unpaired) electrons. The largest absolute Gasteiger partial charge is 0.325 e. The lowest BCUT2D eigenvalue weighted by atomic mass is 9.60. The minimum atomic E-state index is -0.730. The van der Waals surface area contributed by atoms with Gasteiger partial charge in [-0.3, -0.25) is 9.28 Å². The fraction of sp³-hybridized carbons (Fsp3) is 0.289. The number of hydrogen-bond acceptors (Lipinski definition) is 1. The van der Waals surface area contributed by atoms with Crippen LogP contribution in [0.3, 0.4) is 0 Å². The van der Waals surface area contributed by atoms with Gasteiger partial charge in [0.05, 0.1) is 57.7 Å². The number of rotatable bonds is 4. The van der Waals surface area contributed by atoms with Gasteiger partial charge in [-0.25, -0.2) is 0 Å². The van der Waals surface area contributed by atoms with E-state index in [0.717, 1.165) is 53.8 Å². The Morgan fingerprint density at radius 2 is 0.878 bits per heavy atom. The van der Waals surface area contributed by atoms with Crippen LogP contribution in [0, 0.1) is 0 Å². The van der Waals surface area contributed by atoms with Crippen LogP contribution in [0.1, 0.15) is 35.1 Å². The Balaban J connectivity index is 1.72. The van der Waals surface area contributed by atoms with E-state index >= 15 is 4.79 Å². The number of carbonyl (C=O) groups excluding carboxylic acids is 1. The van der Waals surface area contributed by atoms with Crippen molar-refractivity contribution in [3.05, 3.63) is 155 Å². The summed E-state index contributed by atoms with van der Waals surface area (Å²) in [5, 5.41) is 0. The van der Waals surface area contributed by atoms with E-state index in [2.05, 4.69) is 137 Å². The number of likely N-dealkylation sites (N-methyl/N-ethyl adjacent to an activating group) is 2. The van der Waals surface area contributed by atoms with Crippen LogP contribution < -0.4 is 0 Å². The van der Waals surface area contributed by atoms with Crippen molar-refractivity contribution in [1.29, 1.82) is 0 Å². The summed E-state index contributed by atoms with van der Waals surface area (Å²) in [5.74, 6) is 0.249. The van der Waals surface area contributed by atoms with Crippen LogP contribution >= 0.6 is 0 Å². The number of ketones is 1. The average molecular weight is 543 g/mol. The van der Waals surface area contributed by atoms with E-state index < -0.39 is 5.41 Å². The molecule has 0 amide bonds. The minimum Gasteiger partial charge on any atom is -0.325 e. The number of quaternary nitrogens is 2. The van der Waals surface area contributed by atoms with Gasteiger partial charge in [0.15, 0.2) is 5.70 Å². The third-order valence-electron chi connectivity index (χ3n) is 9.80. The van der Waals surface area contributed by atoms with Crippen molar-refractivity contribution < 1.29 is 13.8 Å². The van der Waals surface area contributed by atoms with Crippen LogP contribution in [-0.4, -0.2) is 62.6 Å². The van der Waals surface area contributed by atoms with Gasteiger partial charge < -0.3 is 4.48 Å². The number of carbonyl (C=O) groups is 1. The Labute approximate surface area is 245 Å². The second-order valence-corrected chi connectivity index (χ2v) is 13.2. The predicted octanol–water partition coefficient (Wildman–Crippen LogP) is 6.74. The number of piperidine rings is 2. The highest BCUT2D eigenvalue weighted by Crippen LogP contribution is 2.52. The molecule has 0 N–H and O–H groups in total. The van der Waals surface area contributed by atoms with Gasteiger partial charge in [0, 0.05) is 12.8 Å². The molecular weight excluding hydrogens is 500 g/mol. The number of benzene rings is 4. The Bertz CT molecular complexity index is 1480. The highest BCUT2D eigenvalue weighted by molar-refractivity contribution is 6.06. The van der Waals surface area contributed by atoms with Crippen molar-refractivity contribution in [2.24, 2.45) is 0 Å². The molecule has 0 saturated carbocycles. The zero-order chi connectivity index (χ0) is 28.7. The Morgan fingerprint density at radius 3 is 1.29 bits per heavy atom. The average Bonchev–Trinajstić information content (AvgIpc) is 2.99. The first-order valence-corrected chi connectivity index (χ1v) is 14.9. The van der Waals surface area contributed by atoms with Gasteiger partial charge in [0.2, 0.25) is 5.78 Å². The van der Waals surface area contributed by atoms with Gasteiger partial charge in [-0.2, -0.15) is 0 Å². The monoisotopic (exact) mass is 542 g/mol. The summed E-state index contributed by atoms with van der Waals surface area (Å²) in [6, 6.07) is 42.9. The van der Waals surface area contributed by atoms with Crippen LogP contribution in [0.4, 0.5) is 0 Å². The standard InChI is InChI=1S/C38H42N2O/c1-39(2)27-25-37(30-17-9-5-10-18-30,31-19-11-6-12-20-31)34(29-39)35-36(41)38(26-28-40(35,3)4,32-21-13-7-14-22-32)33-23-15-8-16-24-33/h5-24H,25-29H2,1-4H3/q+2/b35-34-. The second-order valence-electron chi connectivity index (χ2n) is 13.2. The van der Waals surface area contributed by atoms with E-state index in [9.17, 15) is 0 Å². The van der Waals surface area contributed by atoms with Crippen molar-refractivity contribution in [3.63, 3.8) is 0 Å². The smallest absolute Gasteiger partial charge is 0.231 e. The topological polar surface area (TPSA) is 17.1 Å². The highest BCUT2D eigenvalue weighted by atomic mass is 16.1. The first kappa shape index (κ1) is 27.4. The Kier molecular flexibility index (Phi) is 6.84. The number of allylic oxidation sites excluding steroid dienone is 1. The fourth-order valence-electron chi connectivity index (χ4n) is 7.60. The zero-order valence-corrected chi connectivity index (χ0v) is 24.9. The van der Waals surface area contributed by atoms with E-state index in [1.54, 1.807) is 0 Å². The first-order chi connectivity index (χ1) is 19.7. The van der Waals surface area contributed by atoms with Gasteiger partial charge in [-0.1, -0.05) is 121 Å². The van der Waals surface area contributed by atoms with Gasteiger partial charge in [-0.15, -0.1) is 0 Å². The lowest BCUT2D eigenvalue weighted by Gasteiger charge is -2.51. The molecule has 3 nitrogen and oxygen atoms in total. The molecule has 4 aromatic carbocycles. The summed E-state index contributed by atoms with van der Waals surface area (Å²) in [7, 11) is 9.12. The molecule has 41 heavy (non-hydrogen) atoms. The fourth-order valence-corrected chi connectivity index (χ4v) is 7.60. The molecule has 2 aliphatic rings. The summed E-state index contributed by atoms with van der Waals surface area (Å²) in [6.07, 6.45) is 1.72. The van der Waals surface area contributed by atoms with Crippen LogP contribution in [0.2, 0.25) is 0 Å². The molecule has 6 rings (SSSR count). The maximum Gasteiger partial charge on any atom is 0.231 e. The summed E-state index contributed by atoms with van der Waals surface area (Å²) in [5.41, 5.74) is 5.86. The van der Waals surface area contributed by atoms with E-state index in [1.807, 2.05) is 12.1 Å². The van der Waals surface area contributed by atoms with E-state index in [1.165, 1.54) is 16.7 Å². The van der Waals surface area contributed by atoms with Crippen molar-refractivity contribution >= 4 is 5.78 Å². The molecule has 0 unspecified atom stereocenters. The molecule has 0 spiro atoms. The summed E-state index contributed by atoms with van der Waals surface area (Å²) < 4.78 is 1.44. The molecule has 2 saturated heterocycles. The quantitative estimate of drug-likeness (QED) is 0.206. The molecular formula is C38H42N2O+2. The molecule has 0 bridgehead atoms. The Morgan fingerprint density at radius 1 is 0.512 bits per heavy atom. The van der Waals surface area contributed by atoms with Crippen LogP contribution in [0.25, 0.3) is 0 Å². The van der Waals surface area contributed by atoms with Crippen molar-refractivity contribution in [3.8, 4) is 0 Å². The molecule has 0 aliphatic carbocycles. The molecule has 2 heterocycles. The molecule has 3 heteroatoms. The summed E-state index contributed by atoms with van der Waals surface area (Å²) >= 11 is 0. The highest BCUT2D eigenvalue weighted by Gasteiger charge is 2.58. The van der Waals surface area contributed by atoms with Gasteiger partial charge >= 0.3 is 0 Å². The number of nitrogens with zero attached hydrogens (tertiary/aromatic N) is 2. The Hall–Kier alpha value is -3.79. The van der Waals surface area contributed by atoms with Gasteiger partial charge in [-0.05, 0) is 22.3 Å². The maximum absolute atomic E-state index is 15.6. The molecule has 208 valence electrons. The number of likely N-dealkylation sites (tertiary alicyclic amines) is 2. The zero-order valence-electron chi connectivity index (χ0n) is 24.9. The van der Waals surface area contributed by atoms with Crippen molar-refractivity contribution in [2.75, 3.05) is 47.8 Å². The molecule has 0 aromatic heterocycles. The maximum atomic E-state index is 15.6. The van der Waals surface area contributed by atoms with Crippen LogP contribution in [-0.2, 0) is 15.6 Å². The third-order valence-corrected chi connectivity index (χ3v) is 9.80. The third kappa shape index (κ3) is 4.48. The van der Waals surface area contributed by atoms with Crippen molar-refractivity contribution in [2.45, 2.75) is 23.7 Å². The van der Waals surface area contributed by atoms with E-state index in [4.69, 9.17) is 0 Å². The van der Waals surface area contributed by atoms with E-state index in [0.29, 0.717) is 4.48 Å². The number of hydrogen-bond donors (Lipinski definition) is 0. The number of Topliss-reactive ketones (excluding diaryl/α,β-unsaturated/α-hetero) is 1. The molecule has 2 aliphatic heterocycles. The molecule has 2 fully saturated rings. The summed E-state index contributed by atoms with van der Waals surface area (Å²) in [4.78, 5) is 15.6. The molecule has 4 aromatic rings. The lowest BCUT2D eigenvalue weighted by molar-refractivity contribution is -0.892. The van der Waals surface area contributed by atoms with Crippen LogP contribution in [0.15, 0.2) is 133 Å². The SMILES string of the molecule is C[N+]1(C)CCC(c2ccccc2)(c2ccccc2)/C(=C2/C(=O)C(c3ccccc3)(c3ccccc3)CC[N+]2(C)C)C1. The molecule has 0 atom stereocenters. The second kappa shape index (κ2) is 10.2. The van der Waals surface area contributed by atoms with Crippen molar-refractivity contribution in [1.82, 2.24) is 0 Å². The van der Waals surface area contributed by atoms with Crippen LogP contribution in [0.5, 0.6) is 0 Å². The van der Waals surface area contributed by atoms with Gasteiger partial charge in [0.1, 0.15) is 6.54 Å². The predicted molar refractivity (Wildman–Crippen MR) is 167 cm³/mol. The normalized spacial score (nSPS) is 22.7. The van der Waals surface area contributed by atoms with Gasteiger partial charge in [0.25, 0.3) is 0 Å². The summed E-state index contributed by atoms with van der Waals surface area (Å²) in [6.45, 7) is 2.73.